The minimum absolute atomic E-state index is 0.0659. The molecule has 74 valence electrons. The van der Waals surface area contributed by atoms with Crippen molar-refractivity contribution in [1.82, 2.24) is 9.97 Å². The molecular formula is C10H13N3S. The molecule has 0 aromatic carbocycles. The molecule has 1 unspecified atom stereocenters. The highest BCUT2D eigenvalue weighted by Crippen LogP contribution is 2.29. The Morgan fingerprint density at radius 3 is 2.86 bits per heavy atom. The Hall–Kier alpha value is -1.13. The molecule has 4 heteroatoms. The van der Waals surface area contributed by atoms with E-state index in [9.17, 15) is 0 Å². The summed E-state index contributed by atoms with van der Waals surface area (Å²) in [5.74, 6) is 0. The van der Waals surface area contributed by atoms with Gasteiger partial charge in [0.2, 0.25) is 0 Å². The van der Waals surface area contributed by atoms with Gasteiger partial charge in [-0.2, -0.15) is 0 Å². The van der Waals surface area contributed by atoms with Crippen molar-refractivity contribution in [2.45, 2.75) is 19.9 Å². The van der Waals surface area contributed by atoms with Crippen molar-refractivity contribution in [2.24, 2.45) is 5.73 Å². The quantitative estimate of drug-likeness (QED) is 0.794. The maximum absolute atomic E-state index is 5.84. The van der Waals surface area contributed by atoms with Crippen molar-refractivity contribution >= 4 is 11.3 Å². The lowest BCUT2D eigenvalue weighted by Crippen LogP contribution is -2.03. The van der Waals surface area contributed by atoms with Gasteiger partial charge in [-0.15, -0.1) is 11.3 Å². The van der Waals surface area contributed by atoms with Crippen LogP contribution in [0.5, 0.6) is 0 Å². The molecule has 2 aromatic heterocycles. The number of aromatic nitrogens is 2. The average Bonchev–Trinajstić information content (AvgIpc) is 2.70. The van der Waals surface area contributed by atoms with Crippen molar-refractivity contribution < 1.29 is 0 Å². The predicted molar refractivity (Wildman–Crippen MR) is 59.2 cm³/mol. The zero-order valence-corrected chi connectivity index (χ0v) is 9.06. The summed E-state index contributed by atoms with van der Waals surface area (Å²) in [7, 11) is 0. The standard InChI is InChI=1S/C10H13N3S/c1-6(11)9-7(2)13-10(14-9)8-4-3-5-12-8/h3-6,12H,11H2,1-2H3. The van der Waals surface area contributed by atoms with Gasteiger partial charge in [0.15, 0.2) is 0 Å². The van der Waals surface area contributed by atoms with Crippen molar-refractivity contribution in [3.8, 4) is 10.7 Å². The maximum Gasteiger partial charge on any atom is 0.140 e. The second kappa shape index (κ2) is 3.55. The minimum atomic E-state index is 0.0659. The van der Waals surface area contributed by atoms with Gasteiger partial charge in [-0.25, -0.2) is 4.98 Å². The lowest BCUT2D eigenvalue weighted by atomic mass is 10.2. The Morgan fingerprint density at radius 2 is 2.36 bits per heavy atom. The monoisotopic (exact) mass is 207 g/mol. The van der Waals surface area contributed by atoms with Crippen LogP contribution < -0.4 is 5.73 Å². The Balaban J connectivity index is 2.43. The Morgan fingerprint density at radius 1 is 1.57 bits per heavy atom. The summed E-state index contributed by atoms with van der Waals surface area (Å²) in [5.41, 5.74) is 7.94. The first kappa shape index (κ1) is 9.43. The molecule has 0 radical (unpaired) electrons. The molecule has 2 aromatic rings. The molecule has 0 aliphatic carbocycles. The molecule has 0 saturated carbocycles. The van der Waals surface area contributed by atoms with E-state index in [-0.39, 0.29) is 6.04 Å². The second-order valence-corrected chi connectivity index (χ2v) is 4.37. The SMILES string of the molecule is Cc1nc(-c2ccc[nH]2)sc1C(C)N. The number of nitrogens with two attached hydrogens (primary N) is 1. The number of rotatable bonds is 2. The first-order chi connectivity index (χ1) is 6.68. The fourth-order valence-corrected chi connectivity index (χ4v) is 2.42. The highest BCUT2D eigenvalue weighted by atomic mass is 32.1. The molecule has 0 amide bonds. The molecule has 3 N–H and O–H groups in total. The van der Waals surface area contributed by atoms with E-state index in [1.807, 2.05) is 32.2 Å². The molecule has 0 aliphatic rings. The third-order valence-electron chi connectivity index (χ3n) is 2.07. The van der Waals surface area contributed by atoms with Crippen molar-refractivity contribution in [2.75, 3.05) is 0 Å². The van der Waals surface area contributed by atoms with E-state index in [4.69, 9.17) is 5.73 Å². The fourth-order valence-electron chi connectivity index (χ4n) is 1.41. The number of hydrogen-bond acceptors (Lipinski definition) is 3. The summed E-state index contributed by atoms with van der Waals surface area (Å²) in [6.45, 7) is 3.99. The van der Waals surface area contributed by atoms with E-state index in [0.29, 0.717) is 0 Å². The van der Waals surface area contributed by atoms with E-state index in [1.54, 1.807) is 11.3 Å². The first-order valence-electron chi connectivity index (χ1n) is 4.55. The summed E-state index contributed by atoms with van der Waals surface area (Å²) < 4.78 is 0. The van der Waals surface area contributed by atoms with Gasteiger partial charge >= 0.3 is 0 Å². The summed E-state index contributed by atoms with van der Waals surface area (Å²) in [4.78, 5) is 8.78. The zero-order chi connectivity index (χ0) is 10.1. The van der Waals surface area contributed by atoms with E-state index in [2.05, 4.69) is 9.97 Å². The van der Waals surface area contributed by atoms with E-state index >= 15 is 0 Å². The van der Waals surface area contributed by atoms with Crippen LogP contribution in [-0.4, -0.2) is 9.97 Å². The largest absolute Gasteiger partial charge is 0.359 e. The number of nitrogens with zero attached hydrogens (tertiary/aromatic N) is 1. The number of hydrogen-bond donors (Lipinski definition) is 2. The third kappa shape index (κ3) is 1.58. The number of aromatic amines is 1. The molecule has 14 heavy (non-hydrogen) atoms. The topological polar surface area (TPSA) is 54.7 Å². The van der Waals surface area contributed by atoms with Crippen LogP contribution >= 0.6 is 11.3 Å². The smallest absolute Gasteiger partial charge is 0.140 e. The van der Waals surface area contributed by atoms with Gasteiger partial charge in [0.25, 0.3) is 0 Å². The lowest BCUT2D eigenvalue weighted by Gasteiger charge is -1.99. The molecule has 0 aliphatic heterocycles. The molecule has 1 atom stereocenters. The van der Waals surface area contributed by atoms with Crippen LogP contribution in [0.1, 0.15) is 23.5 Å². The van der Waals surface area contributed by atoms with Crippen LogP contribution in [0.25, 0.3) is 10.7 Å². The summed E-state index contributed by atoms with van der Waals surface area (Å²) in [5, 5.41) is 1.01. The van der Waals surface area contributed by atoms with Crippen LogP contribution in [0.3, 0.4) is 0 Å². The fraction of sp³-hybridized carbons (Fsp3) is 0.300. The number of H-pyrrole nitrogens is 1. The predicted octanol–water partition coefficient (Wildman–Crippen LogP) is 2.47. The highest BCUT2D eigenvalue weighted by molar-refractivity contribution is 7.15. The van der Waals surface area contributed by atoms with Gasteiger partial charge in [-0.3, -0.25) is 0 Å². The molecule has 2 rings (SSSR count). The summed E-state index contributed by atoms with van der Waals surface area (Å²) in [6, 6.07) is 4.05. The maximum atomic E-state index is 5.84. The molecule has 0 spiro atoms. The number of aryl methyl sites for hydroxylation is 1. The van der Waals surface area contributed by atoms with Crippen LogP contribution in [0.4, 0.5) is 0 Å². The molecule has 0 saturated heterocycles. The third-order valence-corrected chi connectivity index (χ3v) is 3.47. The van der Waals surface area contributed by atoms with Crippen LogP contribution in [0, 0.1) is 6.92 Å². The van der Waals surface area contributed by atoms with Gasteiger partial charge < -0.3 is 10.7 Å². The average molecular weight is 207 g/mol. The van der Waals surface area contributed by atoms with Crippen LogP contribution in [0.2, 0.25) is 0 Å². The van der Waals surface area contributed by atoms with E-state index < -0.39 is 0 Å². The van der Waals surface area contributed by atoms with E-state index in [0.717, 1.165) is 21.3 Å². The van der Waals surface area contributed by atoms with Crippen LogP contribution in [-0.2, 0) is 0 Å². The Bertz CT molecular complexity index is 415. The van der Waals surface area contributed by atoms with Gasteiger partial charge in [0.05, 0.1) is 11.4 Å². The van der Waals surface area contributed by atoms with Crippen LogP contribution in [0.15, 0.2) is 18.3 Å². The Kier molecular flexibility index (Phi) is 2.39. The zero-order valence-electron chi connectivity index (χ0n) is 8.24. The van der Waals surface area contributed by atoms with Gasteiger partial charge in [0.1, 0.15) is 5.01 Å². The van der Waals surface area contributed by atoms with Crippen molar-refractivity contribution in [3.63, 3.8) is 0 Å². The molecule has 0 bridgehead atoms. The van der Waals surface area contributed by atoms with Gasteiger partial charge in [-0.1, -0.05) is 0 Å². The van der Waals surface area contributed by atoms with Gasteiger partial charge in [-0.05, 0) is 26.0 Å². The molecule has 0 fully saturated rings. The lowest BCUT2D eigenvalue weighted by molar-refractivity contribution is 0.825. The number of nitrogens with one attached hydrogen (secondary N) is 1. The van der Waals surface area contributed by atoms with Crippen molar-refractivity contribution in [3.05, 3.63) is 28.9 Å². The first-order valence-corrected chi connectivity index (χ1v) is 5.37. The number of thiazole rings is 1. The van der Waals surface area contributed by atoms with Crippen molar-refractivity contribution in [1.29, 1.82) is 0 Å². The molecule has 2 heterocycles. The van der Waals surface area contributed by atoms with Gasteiger partial charge in [0, 0.05) is 17.1 Å². The van der Waals surface area contributed by atoms with E-state index in [1.165, 1.54) is 0 Å². The molecule has 3 nitrogen and oxygen atoms in total. The summed E-state index contributed by atoms with van der Waals surface area (Å²) >= 11 is 1.66. The second-order valence-electron chi connectivity index (χ2n) is 3.34. The summed E-state index contributed by atoms with van der Waals surface area (Å²) in [6.07, 6.45) is 1.90. The Labute approximate surface area is 87.0 Å². The normalized spacial score (nSPS) is 13.1. The minimum Gasteiger partial charge on any atom is -0.359 e. The highest BCUT2D eigenvalue weighted by Gasteiger charge is 2.12. The molecular weight excluding hydrogens is 194 g/mol.